The SMILES string of the molecule is CS(=O)(=O)c1ccc2nc(NC(=O)NC3CCCO3)sc2c1. The molecule has 0 bridgehead atoms. The van der Waals surface area contributed by atoms with Crippen molar-refractivity contribution in [1.82, 2.24) is 10.3 Å². The van der Waals surface area contributed by atoms with Crippen molar-refractivity contribution < 1.29 is 17.9 Å². The van der Waals surface area contributed by atoms with Gasteiger partial charge >= 0.3 is 6.03 Å². The number of hydrogen-bond acceptors (Lipinski definition) is 6. The number of thiazole rings is 1. The number of hydrogen-bond donors (Lipinski definition) is 2. The molecule has 2 aromatic rings. The Kier molecular flexibility index (Phi) is 4.02. The van der Waals surface area contributed by atoms with Crippen LogP contribution in [-0.2, 0) is 14.6 Å². The summed E-state index contributed by atoms with van der Waals surface area (Å²) in [6, 6.07) is 4.32. The Hall–Kier alpha value is -1.71. The Morgan fingerprint density at radius 1 is 1.45 bits per heavy atom. The third-order valence-electron chi connectivity index (χ3n) is 3.23. The van der Waals surface area contributed by atoms with E-state index in [9.17, 15) is 13.2 Å². The molecule has 0 radical (unpaired) electrons. The Bertz CT molecular complexity index is 810. The van der Waals surface area contributed by atoms with E-state index in [0.29, 0.717) is 22.0 Å². The average Bonchev–Trinajstić information content (AvgIpc) is 3.04. The van der Waals surface area contributed by atoms with Crippen LogP contribution < -0.4 is 10.6 Å². The second-order valence-corrected chi connectivity index (χ2v) is 8.07. The normalized spacial score (nSPS) is 18.5. The number of rotatable bonds is 3. The maximum atomic E-state index is 11.8. The van der Waals surface area contributed by atoms with Crippen LogP contribution in [0.4, 0.5) is 9.93 Å². The van der Waals surface area contributed by atoms with Crippen LogP contribution in [0.25, 0.3) is 10.2 Å². The number of benzene rings is 1. The van der Waals surface area contributed by atoms with Crippen molar-refractivity contribution in [2.24, 2.45) is 0 Å². The Labute approximate surface area is 131 Å². The number of carbonyl (C=O) groups excluding carboxylic acids is 1. The summed E-state index contributed by atoms with van der Waals surface area (Å²) < 4.78 is 29.1. The number of ether oxygens (including phenoxy) is 1. The van der Waals surface area contributed by atoms with Gasteiger partial charge in [0.15, 0.2) is 15.0 Å². The van der Waals surface area contributed by atoms with Crippen LogP contribution in [0.3, 0.4) is 0 Å². The number of carbonyl (C=O) groups is 1. The van der Waals surface area contributed by atoms with Gasteiger partial charge in [-0.3, -0.25) is 5.32 Å². The van der Waals surface area contributed by atoms with Gasteiger partial charge in [0.1, 0.15) is 6.23 Å². The zero-order chi connectivity index (χ0) is 15.7. The molecule has 0 saturated carbocycles. The first-order valence-corrected chi connectivity index (χ1v) is 9.42. The van der Waals surface area contributed by atoms with Crippen LogP contribution in [0, 0.1) is 0 Å². The molecule has 22 heavy (non-hydrogen) atoms. The molecule has 7 nitrogen and oxygen atoms in total. The average molecular weight is 341 g/mol. The molecule has 1 saturated heterocycles. The molecule has 1 aliphatic rings. The molecule has 2 N–H and O–H groups in total. The van der Waals surface area contributed by atoms with E-state index < -0.39 is 9.84 Å². The summed E-state index contributed by atoms with van der Waals surface area (Å²) in [4.78, 5) is 16.3. The van der Waals surface area contributed by atoms with E-state index in [1.807, 2.05) is 0 Å². The second-order valence-electron chi connectivity index (χ2n) is 5.02. The number of nitrogens with one attached hydrogen (secondary N) is 2. The molecular weight excluding hydrogens is 326 g/mol. The third-order valence-corrected chi connectivity index (χ3v) is 5.27. The summed E-state index contributed by atoms with van der Waals surface area (Å²) in [5.41, 5.74) is 0.643. The number of nitrogens with zero attached hydrogens (tertiary/aromatic N) is 1. The largest absolute Gasteiger partial charge is 0.358 e. The summed E-state index contributed by atoms with van der Waals surface area (Å²) in [6.07, 6.45) is 2.63. The fraction of sp³-hybridized carbons (Fsp3) is 0.385. The van der Waals surface area contributed by atoms with E-state index in [-0.39, 0.29) is 17.2 Å². The van der Waals surface area contributed by atoms with Gasteiger partial charge in [-0.25, -0.2) is 18.2 Å². The highest BCUT2D eigenvalue weighted by Gasteiger charge is 2.18. The number of sulfone groups is 1. The maximum absolute atomic E-state index is 11.8. The number of anilines is 1. The highest BCUT2D eigenvalue weighted by atomic mass is 32.2. The van der Waals surface area contributed by atoms with Crippen molar-refractivity contribution in [3.63, 3.8) is 0 Å². The summed E-state index contributed by atoms with van der Waals surface area (Å²) in [5, 5.41) is 5.76. The molecule has 1 atom stereocenters. The van der Waals surface area contributed by atoms with E-state index in [2.05, 4.69) is 15.6 Å². The topological polar surface area (TPSA) is 97.4 Å². The van der Waals surface area contributed by atoms with E-state index in [4.69, 9.17) is 4.74 Å². The van der Waals surface area contributed by atoms with Gasteiger partial charge in [-0.15, -0.1) is 0 Å². The number of aromatic nitrogens is 1. The van der Waals surface area contributed by atoms with Crippen molar-refractivity contribution in [2.75, 3.05) is 18.2 Å². The first-order valence-electron chi connectivity index (χ1n) is 6.71. The Morgan fingerprint density at radius 3 is 2.95 bits per heavy atom. The monoisotopic (exact) mass is 341 g/mol. The van der Waals surface area contributed by atoms with Gasteiger partial charge in [-0.05, 0) is 31.0 Å². The number of amides is 2. The fourth-order valence-corrected chi connectivity index (χ4v) is 3.78. The van der Waals surface area contributed by atoms with Crippen LogP contribution in [-0.4, -0.2) is 38.5 Å². The van der Waals surface area contributed by atoms with Gasteiger partial charge in [-0.1, -0.05) is 11.3 Å². The number of fused-ring (bicyclic) bond motifs is 1. The van der Waals surface area contributed by atoms with Crippen molar-refractivity contribution >= 4 is 42.6 Å². The van der Waals surface area contributed by atoms with Gasteiger partial charge in [0, 0.05) is 12.9 Å². The van der Waals surface area contributed by atoms with Crippen LogP contribution in [0.2, 0.25) is 0 Å². The van der Waals surface area contributed by atoms with Crippen molar-refractivity contribution in [2.45, 2.75) is 24.0 Å². The molecular formula is C13H15N3O4S2. The van der Waals surface area contributed by atoms with E-state index in [1.165, 1.54) is 17.4 Å². The van der Waals surface area contributed by atoms with Crippen molar-refractivity contribution in [3.8, 4) is 0 Å². The second kappa shape index (κ2) is 5.82. The zero-order valence-electron chi connectivity index (χ0n) is 11.8. The Balaban J connectivity index is 1.75. The Morgan fingerprint density at radius 2 is 2.27 bits per heavy atom. The van der Waals surface area contributed by atoms with Crippen LogP contribution in [0.1, 0.15) is 12.8 Å². The molecule has 1 aromatic heterocycles. The smallest absolute Gasteiger partial charge is 0.323 e. The quantitative estimate of drug-likeness (QED) is 0.889. The summed E-state index contributed by atoms with van der Waals surface area (Å²) in [7, 11) is -3.26. The van der Waals surface area contributed by atoms with Gasteiger partial charge in [0.2, 0.25) is 0 Å². The minimum atomic E-state index is -3.26. The maximum Gasteiger partial charge on any atom is 0.323 e. The van der Waals surface area contributed by atoms with E-state index >= 15 is 0 Å². The molecule has 2 amide bonds. The molecule has 1 fully saturated rings. The molecule has 0 spiro atoms. The summed E-state index contributed by atoms with van der Waals surface area (Å²) in [5.74, 6) is 0. The molecule has 2 heterocycles. The standard InChI is InChI=1S/C13H15N3O4S2/c1-22(18,19)8-4-5-9-10(7-8)21-13(14-9)16-12(17)15-11-3-2-6-20-11/h4-5,7,11H,2-3,6H2,1H3,(H2,14,15,16,17). The van der Waals surface area contributed by atoms with Crippen molar-refractivity contribution in [1.29, 1.82) is 0 Å². The minimum absolute atomic E-state index is 0.235. The lowest BCUT2D eigenvalue weighted by Crippen LogP contribution is -2.37. The van der Waals surface area contributed by atoms with Crippen LogP contribution >= 0.6 is 11.3 Å². The van der Waals surface area contributed by atoms with Gasteiger partial charge in [0.25, 0.3) is 0 Å². The molecule has 0 aliphatic carbocycles. The van der Waals surface area contributed by atoms with E-state index in [1.54, 1.807) is 12.1 Å². The molecule has 1 aliphatic heterocycles. The fourth-order valence-electron chi connectivity index (χ4n) is 2.16. The van der Waals surface area contributed by atoms with Crippen molar-refractivity contribution in [3.05, 3.63) is 18.2 Å². The van der Waals surface area contributed by atoms with Gasteiger partial charge in [-0.2, -0.15) is 0 Å². The molecule has 118 valence electrons. The summed E-state index contributed by atoms with van der Waals surface area (Å²) >= 11 is 1.23. The lowest BCUT2D eigenvalue weighted by Gasteiger charge is -2.11. The minimum Gasteiger partial charge on any atom is -0.358 e. The highest BCUT2D eigenvalue weighted by Crippen LogP contribution is 2.28. The molecule has 1 aromatic carbocycles. The molecule has 3 rings (SSSR count). The zero-order valence-corrected chi connectivity index (χ0v) is 13.5. The number of urea groups is 1. The van der Waals surface area contributed by atoms with Crippen LogP contribution in [0.15, 0.2) is 23.1 Å². The van der Waals surface area contributed by atoms with Crippen LogP contribution in [0.5, 0.6) is 0 Å². The third kappa shape index (κ3) is 3.37. The van der Waals surface area contributed by atoms with E-state index in [0.717, 1.165) is 19.1 Å². The molecule has 9 heteroatoms. The highest BCUT2D eigenvalue weighted by molar-refractivity contribution is 7.90. The molecule has 1 unspecified atom stereocenters. The van der Waals surface area contributed by atoms with Gasteiger partial charge in [0.05, 0.1) is 15.1 Å². The van der Waals surface area contributed by atoms with Gasteiger partial charge < -0.3 is 10.1 Å². The predicted octanol–water partition coefficient (Wildman–Crippen LogP) is 1.96. The summed E-state index contributed by atoms with van der Waals surface area (Å²) in [6.45, 7) is 0.653. The first kappa shape index (κ1) is 15.2. The predicted molar refractivity (Wildman–Crippen MR) is 83.9 cm³/mol. The lowest BCUT2D eigenvalue weighted by atomic mass is 10.3. The lowest BCUT2D eigenvalue weighted by molar-refractivity contribution is 0.0928. The first-order chi connectivity index (χ1) is 10.4.